The van der Waals surface area contributed by atoms with Crippen LogP contribution in [0.3, 0.4) is 0 Å². The summed E-state index contributed by atoms with van der Waals surface area (Å²) in [5.74, 6) is -0.907. The largest absolute Gasteiger partial charge is 0.462 e. The van der Waals surface area contributed by atoms with Gasteiger partial charge < -0.3 is 14.6 Å². The Morgan fingerprint density at radius 2 is 2.12 bits per heavy atom. The van der Waals surface area contributed by atoms with Gasteiger partial charge in [0.05, 0.1) is 6.61 Å². The lowest BCUT2D eigenvalue weighted by Crippen LogP contribution is -2.39. The van der Waals surface area contributed by atoms with Gasteiger partial charge >= 0.3 is 11.9 Å². The van der Waals surface area contributed by atoms with Crippen molar-refractivity contribution >= 4 is 11.9 Å². The zero-order chi connectivity index (χ0) is 12.3. The van der Waals surface area contributed by atoms with Crippen molar-refractivity contribution in [2.75, 3.05) is 13.2 Å². The van der Waals surface area contributed by atoms with Crippen LogP contribution in [-0.4, -0.2) is 35.9 Å². The molecule has 16 heavy (non-hydrogen) atoms. The molecule has 1 N–H and O–H groups in total. The Hall–Kier alpha value is -1.36. The fourth-order valence-electron chi connectivity index (χ4n) is 1.52. The Balaban J connectivity index is 2.81. The number of allylic oxidation sites excluding steroid dienone is 1. The first-order valence-corrected chi connectivity index (χ1v) is 5.04. The number of ether oxygens (including phenoxy) is 2. The van der Waals surface area contributed by atoms with E-state index in [9.17, 15) is 14.7 Å². The highest BCUT2D eigenvalue weighted by Crippen LogP contribution is 2.32. The molecular formula is C11H16O5. The molecule has 1 saturated heterocycles. The minimum atomic E-state index is -1.10. The maximum Gasteiger partial charge on any atom is 0.334 e. The molecule has 1 aliphatic heterocycles. The first-order chi connectivity index (χ1) is 7.40. The number of hydrogen-bond acceptors (Lipinski definition) is 5. The van der Waals surface area contributed by atoms with Crippen molar-refractivity contribution in [3.8, 4) is 0 Å². The van der Waals surface area contributed by atoms with Gasteiger partial charge in [-0.25, -0.2) is 4.79 Å². The second-order valence-corrected chi connectivity index (χ2v) is 4.17. The first kappa shape index (κ1) is 12.7. The van der Waals surface area contributed by atoms with E-state index in [0.29, 0.717) is 5.57 Å². The molecule has 0 aromatic carbocycles. The maximum atomic E-state index is 11.5. The fourth-order valence-corrected chi connectivity index (χ4v) is 1.52. The smallest absolute Gasteiger partial charge is 0.334 e. The summed E-state index contributed by atoms with van der Waals surface area (Å²) in [7, 11) is 0. The van der Waals surface area contributed by atoms with Crippen LogP contribution in [0.15, 0.2) is 11.1 Å². The highest BCUT2D eigenvalue weighted by Gasteiger charge is 2.44. The molecule has 5 nitrogen and oxygen atoms in total. The molecular weight excluding hydrogens is 212 g/mol. The van der Waals surface area contributed by atoms with E-state index in [-0.39, 0.29) is 19.6 Å². The quantitative estimate of drug-likeness (QED) is 0.564. The second kappa shape index (κ2) is 4.65. The van der Waals surface area contributed by atoms with Crippen molar-refractivity contribution in [3.63, 3.8) is 0 Å². The minimum absolute atomic E-state index is 0.110. The lowest BCUT2D eigenvalue weighted by molar-refractivity contribution is -0.165. The average Bonchev–Trinajstić information content (AvgIpc) is 2.54. The van der Waals surface area contributed by atoms with E-state index < -0.39 is 17.5 Å². The summed E-state index contributed by atoms with van der Waals surface area (Å²) in [6, 6.07) is 0. The highest BCUT2D eigenvalue weighted by atomic mass is 16.6. The van der Waals surface area contributed by atoms with Crippen molar-refractivity contribution in [3.05, 3.63) is 11.1 Å². The SMILES string of the molecule is CC(=O)OCC1(CO)CC(=C(C)C)C(=O)O1. The Labute approximate surface area is 94.0 Å². The zero-order valence-electron chi connectivity index (χ0n) is 9.70. The van der Waals surface area contributed by atoms with Gasteiger partial charge in [0.15, 0.2) is 5.60 Å². The fraction of sp³-hybridized carbons (Fsp3) is 0.636. The molecule has 1 aliphatic rings. The van der Waals surface area contributed by atoms with Crippen molar-refractivity contribution < 1.29 is 24.2 Å². The number of carbonyl (C=O) groups is 2. The molecule has 0 aromatic rings. The van der Waals surface area contributed by atoms with Gasteiger partial charge in [0.2, 0.25) is 0 Å². The summed E-state index contributed by atoms with van der Waals surface area (Å²) < 4.78 is 9.90. The zero-order valence-corrected chi connectivity index (χ0v) is 9.70. The monoisotopic (exact) mass is 228 g/mol. The molecule has 1 atom stereocenters. The second-order valence-electron chi connectivity index (χ2n) is 4.17. The van der Waals surface area contributed by atoms with Gasteiger partial charge in [0.25, 0.3) is 0 Å². The standard InChI is InChI=1S/C11H16O5/c1-7(2)9-4-11(5-12,16-10(9)14)6-15-8(3)13/h12H,4-6H2,1-3H3. The molecule has 0 aliphatic carbocycles. The minimum Gasteiger partial charge on any atom is -0.462 e. The van der Waals surface area contributed by atoms with Crippen LogP contribution in [-0.2, 0) is 19.1 Å². The van der Waals surface area contributed by atoms with Gasteiger partial charge in [-0.05, 0) is 13.8 Å². The number of rotatable bonds is 3. The third-order valence-electron chi connectivity index (χ3n) is 2.48. The third kappa shape index (κ3) is 2.61. The summed E-state index contributed by atoms with van der Waals surface area (Å²) in [5, 5.41) is 9.26. The predicted octanol–water partition coefficient (Wildman–Crippen LogP) is 0.564. The third-order valence-corrected chi connectivity index (χ3v) is 2.48. The van der Waals surface area contributed by atoms with Gasteiger partial charge in [-0.1, -0.05) is 5.57 Å². The molecule has 0 spiro atoms. The van der Waals surface area contributed by atoms with Crippen molar-refractivity contribution in [2.24, 2.45) is 0 Å². The predicted molar refractivity (Wildman–Crippen MR) is 55.5 cm³/mol. The van der Waals surface area contributed by atoms with Crippen LogP contribution < -0.4 is 0 Å². The summed E-state index contributed by atoms with van der Waals surface area (Å²) >= 11 is 0. The van der Waals surface area contributed by atoms with E-state index in [2.05, 4.69) is 0 Å². The van der Waals surface area contributed by atoms with E-state index >= 15 is 0 Å². The summed E-state index contributed by atoms with van der Waals surface area (Å²) in [4.78, 5) is 22.2. The topological polar surface area (TPSA) is 72.8 Å². The molecule has 1 rings (SSSR count). The number of aliphatic hydroxyl groups is 1. The van der Waals surface area contributed by atoms with E-state index in [1.54, 1.807) is 13.8 Å². The number of hydrogen-bond donors (Lipinski definition) is 1. The highest BCUT2D eigenvalue weighted by molar-refractivity contribution is 5.92. The van der Waals surface area contributed by atoms with Gasteiger partial charge in [-0.2, -0.15) is 0 Å². The number of cyclic esters (lactones) is 1. The average molecular weight is 228 g/mol. The van der Waals surface area contributed by atoms with Gasteiger partial charge in [-0.15, -0.1) is 0 Å². The van der Waals surface area contributed by atoms with Crippen LogP contribution in [0.25, 0.3) is 0 Å². The van der Waals surface area contributed by atoms with Crippen LogP contribution in [0.1, 0.15) is 27.2 Å². The van der Waals surface area contributed by atoms with Crippen LogP contribution in [0.4, 0.5) is 0 Å². The van der Waals surface area contributed by atoms with Crippen LogP contribution >= 0.6 is 0 Å². The molecule has 0 radical (unpaired) electrons. The normalized spacial score (nSPS) is 24.2. The van der Waals surface area contributed by atoms with Crippen molar-refractivity contribution in [2.45, 2.75) is 32.8 Å². The van der Waals surface area contributed by atoms with Crippen molar-refractivity contribution in [1.29, 1.82) is 0 Å². The van der Waals surface area contributed by atoms with E-state index in [1.807, 2.05) is 0 Å². The maximum absolute atomic E-state index is 11.5. The Bertz CT molecular complexity index is 340. The number of esters is 2. The lowest BCUT2D eigenvalue weighted by Gasteiger charge is -2.23. The molecule has 0 bridgehead atoms. The molecule has 90 valence electrons. The Kier molecular flexibility index (Phi) is 3.70. The van der Waals surface area contributed by atoms with Crippen LogP contribution in [0, 0.1) is 0 Å². The van der Waals surface area contributed by atoms with E-state index in [4.69, 9.17) is 9.47 Å². The number of aliphatic hydroxyl groups excluding tert-OH is 1. The molecule has 1 heterocycles. The van der Waals surface area contributed by atoms with E-state index in [1.165, 1.54) is 6.92 Å². The summed E-state index contributed by atoms with van der Waals surface area (Å²) in [6.07, 6.45) is 0.276. The molecule has 0 aromatic heterocycles. The molecule has 1 unspecified atom stereocenters. The Morgan fingerprint density at radius 3 is 2.50 bits per heavy atom. The van der Waals surface area contributed by atoms with Crippen LogP contribution in [0.2, 0.25) is 0 Å². The molecule has 0 amide bonds. The molecule has 0 saturated carbocycles. The summed E-state index contributed by atoms with van der Waals surface area (Å²) in [5.41, 5.74) is 0.291. The molecule has 1 fully saturated rings. The van der Waals surface area contributed by atoms with Crippen molar-refractivity contribution in [1.82, 2.24) is 0 Å². The van der Waals surface area contributed by atoms with Crippen LogP contribution in [0.5, 0.6) is 0 Å². The lowest BCUT2D eigenvalue weighted by atomic mass is 9.97. The van der Waals surface area contributed by atoms with Gasteiger partial charge in [0.1, 0.15) is 6.61 Å². The van der Waals surface area contributed by atoms with Gasteiger partial charge in [-0.3, -0.25) is 4.79 Å². The summed E-state index contributed by atoms with van der Waals surface area (Å²) in [6.45, 7) is 4.40. The first-order valence-electron chi connectivity index (χ1n) is 5.04. The van der Waals surface area contributed by atoms with Gasteiger partial charge in [0, 0.05) is 18.9 Å². The van der Waals surface area contributed by atoms with E-state index in [0.717, 1.165) is 5.57 Å². The molecule has 5 heteroatoms. The number of carbonyl (C=O) groups excluding carboxylic acids is 2. The Morgan fingerprint density at radius 1 is 1.50 bits per heavy atom.